The van der Waals surface area contributed by atoms with Crippen LogP contribution in [-0.2, 0) is 9.53 Å². The second-order valence-electron chi connectivity index (χ2n) is 6.35. The number of likely N-dealkylation sites (N-methyl/N-ethyl adjacent to an activating group) is 1. The number of carbonyl (C=O) groups is 2. The third-order valence-corrected chi connectivity index (χ3v) is 5.62. The standard InChI is InChI=1S/C19H24N2O3S/c1-14(24-18(23)15-9-5-6-10-16(15)25-3)17(22)21(2)19(13-20)11-7-4-8-12-19/h5-6,9-10,14H,4,7-8,11-12H2,1-3H3/t14-/m1/s1. The van der Waals surface area contributed by atoms with Crippen LogP contribution in [0.2, 0.25) is 0 Å². The highest BCUT2D eigenvalue weighted by molar-refractivity contribution is 7.98. The lowest BCUT2D eigenvalue weighted by atomic mass is 9.81. The number of rotatable bonds is 5. The van der Waals surface area contributed by atoms with Gasteiger partial charge in [-0.15, -0.1) is 11.8 Å². The molecule has 0 spiro atoms. The Kier molecular flexibility index (Phi) is 6.49. The summed E-state index contributed by atoms with van der Waals surface area (Å²) in [7, 11) is 1.64. The van der Waals surface area contributed by atoms with Crippen LogP contribution in [0.1, 0.15) is 49.4 Å². The highest BCUT2D eigenvalue weighted by Gasteiger charge is 2.40. The summed E-state index contributed by atoms with van der Waals surface area (Å²) in [5.41, 5.74) is -0.336. The molecular formula is C19H24N2O3S. The fourth-order valence-corrected chi connectivity index (χ4v) is 3.82. The van der Waals surface area contributed by atoms with Gasteiger partial charge in [-0.05, 0) is 38.2 Å². The number of nitrogens with zero attached hydrogens (tertiary/aromatic N) is 2. The van der Waals surface area contributed by atoms with E-state index in [0.717, 1.165) is 24.2 Å². The van der Waals surface area contributed by atoms with E-state index in [1.54, 1.807) is 26.1 Å². The molecular weight excluding hydrogens is 336 g/mol. The van der Waals surface area contributed by atoms with Gasteiger partial charge in [-0.2, -0.15) is 5.26 Å². The van der Waals surface area contributed by atoms with E-state index in [0.29, 0.717) is 18.4 Å². The molecule has 0 unspecified atom stereocenters. The minimum atomic E-state index is -0.931. The summed E-state index contributed by atoms with van der Waals surface area (Å²) in [6.07, 6.45) is 5.24. The van der Waals surface area contributed by atoms with Crippen LogP contribution in [0.5, 0.6) is 0 Å². The molecule has 1 aliphatic carbocycles. The highest BCUT2D eigenvalue weighted by Crippen LogP contribution is 2.33. The van der Waals surface area contributed by atoms with Crippen LogP contribution in [0.15, 0.2) is 29.2 Å². The first-order valence-electron chi connectivity index (χ1n) is 8.48. The van der Waals surface area contributed by atoms with Crippen molar-refractivity contribution in [3.8, 4) is 6.07 Å². The molecule has 0 radical (unpaired) electrons. The fourth-order valence-electron chi connectivity index (χ4n) is 3.23. The highest BCUT2D eigenvalue weighted by atomic mass is 32.2. The molecule has 6 heteroatoms. The fraction of sp³-hybridized carbons (Fsp3) is 0.526. The number of hydrogen-bond acceptors (Lipinski definition) is 5. The molecule has 1 fully saturated rings. The van der Waals surface area contributed by atoms with Gasteiger partial charge in [0.15, 0.2) is 6.10 Å². The van der Waals surface area contributed by atoms with E-state index in [9.17, 15) is 14.9 Å². The van der Waals surface area contributed by atoms with Crippen molar-refractivity contribution in [2.75, 3.05) is 13.3 Å². The van der Waals surface area contributed by atoms with Crippen molar-refractivity contribution in [3.63, 3.8) is 0 Å². The third-order valence-electron chi connectivity index (χ3n) is 4.82. The second kappa shape index (κ2) is 8.39. The molecule has 25 heavy (non-hydrogen) atoms. The Hall–Kier alpha value is -2.00. The largest absolute Gasteiger partial charge is 0.449 e. The van der Waals surface area contributed by atoms with Crippen molar-refractivity contribution in [1.29, 1.82) is 5.26 Å². The lowest BCUT2D eigenvalue weighted by Gasteiger charge is -2.39. The van der Waals surface area contributed by atoms with E-state index in [4.69, 9.17) is 4.74 Å². The van der Waals surface area contributed by atoms with Gasteiger partial charge in [-0.1, -0.05) is 31.4 Å². The Bertz CT molecular complexity index is 677. The van der Waals surface area contributed by atoms with Gasteiger partial charge in [0.2, 0.25) is 0 Å². The molecule has 2 rings (SSSR count). The SMILES string of the molecule is CSc1ccccc1C(=O)O[C@H](C)C(=O)N(C)C1(C#N)CCCCC1. The molecule has 5 nitrogen and oxygen atoms in total. The van der Waals surface area contributed by atoms with Crippen LogP contribution in [0.4, 0.5) is 0 Å². The molecule has 0 N–H and O–H groups in total. The molecule has 0 aliphatic heterocycles. The topological polar surface area (TPSA) is 70.4 Å². The van der Waals surface area contributed by atoms with E-state index in [2.05, 4.69) is 6.07 Å². The first kappa shape index (κ1) is 19.3. The van der Waals surface area contributed by atoms with Crippen LogP contribution in [-0.4, -0.2) is 41.7 Å². The maximum atomic E-state index is 12.7. The number of nitriles is 1. The van der Waals surface area contributed by atoms with Gasteiger partial charge in [0.25, 0.3) is 5.91 Å². The molecule has 1 aliphatic rings. The predicted molar refractivity (Wildman–Crippen MR) is 97.3 cm³/mol. The lowest BCUT2D eigenvalue weighted by molar-refractivity contribution is -0.143. The van der Waals surface area contributed by atoms with Crippen molar-refractivity contribution in [2.45, 2.75) is 55.6 Å². The lowest BCUT2D eigenvalue weighted by Crippen LogP contribution is -2.53. The Balaban J connectivity index is 2.09. The zero-order chi connectivity index (χ0) is 18.4. The number of carbonyl (C=O) groups excluding carboxylic acids is 2. The van der Waals surface area contributed by atoms with Gasteiger partial charge in [0.05, 0.1) is 11.6 Å². The zero-order valence-corrected chi connectivity index (χ0v) is 15.8. The average Bonchev–Trinajstić information content (AvgIpc) is 2.67. The average molecular weight is 360 g/mol. The van der Waals surface area contributed by atoms with Crippen LogP contribution in [0, 0.1) is 11.3 Å². The predicted octanol–water partition coefficient (Wildman–Crippen LogP) is 3.64. The minimum absolute atomic E-state index is 0.335. The zero-order valence-electron chi connectivity index (χ0n) is 14.9. The van der Waals surface area contributed by atoms with Gasteiger partial charge in [0, 0.05) is 11.9 Å². The summed E-state index contributed by atoms with van der Waals surface area (Å²) in [5.74, 6) is -0.854. The summed E-state index contributed by atoms with van der Waals surface area (Å²) in [5, 5.41) is 9.62. The molecule has 1 amide bonds. The maximum Gasteiger partial charge on any atom is 0.340 e. The summed E-state index contributed by atoms with van der Waals surface area (Å²) >= 11 is 1.45. The van der Waals surface area contributed by atoms with Crippen LogP contribution < -0.4 is 0 Å². The van der Waals surface area contributed by atoms with Gasteiger partial charge < -0.3 is 9.64 Å². The van der Waals surface area contributed by atoms with E-state index in [1.165, 1.54) is 16.7 Å². The van der Waals surface area contributed by atoms with Crippen molar-refractivity contribution in [3.05, 3.63) is 29.8 Å². The molecule has 1 saturated carbocycles. The smallest absolute Gasteiger partial charge is 0.340 e. The summed E-state index contributed by atoms with van der Waals surface area (Å²) in [6.45, 7) is 1.56. The van der Waals surface area contributed by atoms with Crippen LogP contribution >= 0.6 is 11.8 Å². The van der Waals surface area contributed by atoms with Crippen molar-refractivity contribution >= 4 is 23.6 Å². The van der Waals surface area contributed by atoms with Crippen molar-refractivity contribution in [1.82, 2.24) is 4.90 Å². The Morgan fingerprint density at radius 1 is 1.28 bits per heavy atom. The van der Waals surface area contributed by atoms with Crippen molar-refractivity contribution in [2.24, 2.45) is 0 Å². The van der Waals surface area contributed by atoms with E-state index in [-0.39, 0.29) is 5.91 Å². The monoisotopic (exact) mass is 360 g/mol. The van der Waals surface area contributed by atoms with E-state index >= 15 is 0 Å². The third kappa shape index (κ3) is 4.16. The van der Waals surface area contributed by atoms with Gasteiger partial charge in [-0.25, -0.2) is 4.79 Å². The quantitative estimate of drug-likeness (QED) is 0.592. The Morgan fingerprint density at radius 2 is 1.92 bits per heavy atom. The summed E-state index contributed by atoms with van der Waals surface area (Å²) in [4.78, 5) is 27.4. The van der Waals surface area contributed by atoms with E-state index < -0.39 is 17.6 Å². The number of esters is 1. The molecule has 1 aromatic carbocycles. The Morgan fingerprint density at radius 3 is 2.52 bits per heavy atom. The van der Waals surface area contributed by atoms with Crippen molar-refractivity contribution < 1.29 is 14.3 Å². The summed E-state index contributed by atoms with van der Waals surface area (Å²) in [6, 6.07) is 9.46. The number of hydrogen-bond donors (Lipinski definition) is 0. The summed E-state index contributed by atoms with van der Waals surface area (Å²) < 4.78 is 5.39. The van der Waals surface area contributed by atoms with Gasteiger partial charge in [-0.3, -0.25) is 4.79 Å². The number of thioether (sulfide) groups is 1. The molecule has 0 heterocycles. The van der Waals surface area contributed by atoms with Gasteiger partial charge >= 0.3 is 5.97 Å². The molecule has 134 valence electrons. The molecule has 0 saturated heterocycles. The molecule has 0 bridgehead atoms. The first-order chi connectivity index (χ1) is 11.9. The first-order valence-corrected chi connectivity index (χ1v) is 9.70. The van der Waals surface area contributed by atoms with Gasteiger partial charge in [0.1, 0.15) is 5.54 Å². The van der Waals surface area contributed by atoms with Crippen LogP contribution in [0.25, 0.3) is 0 Å². The minimum Gasteiger partial charge on any atom is -0.449 e. The molecule has 1 aromatic rings. The number of ether oxygens (including phenoxy) is 1. The second-order valence-corrected chi connectivity index (χ2v) is 7.20. The van der Waals surface area contributed by atoms with E-state index in [1.807, 2.05) is 18.4 Å². The Labute approximate surface area is 153 Å². The normalized spacial score (nSPS) is 17.2. The number of benzene rings is 1. The maximum absolute atomic E-state index is 12.7. The number of amides is 1. The molecule has 0 aromatic heterocycles. The van der Waals surface area contributed by atoms with Crippen LogP contribution in [0.3, 0.4) is 0 Å². The molecule has 1 atom stereocenters.